The molecule has 1 N–H and O–H groups in total. The summed E-state index contributed by atoms with van der Waals surface area (Å²) in [5.74, 6) is 0.820. The van der Waals surface area contributed by atoms with Crippen molar-refractivity contribution in [3.05, 3.63) is 41.0 Å². The highest BCUT2D eigenvalue weighted by Gasteiger charge is 2.10. The Hall–Kier alpha value is -1.48. The highest BCUT2D eigenvalue weighted by atomic mass is 35.5. The number of hydrogen-bond acceptors (Lipinski definition) is 2. The number of halogens is 1. The summed E-state index contributed by atoms with van der Waals surface area (Å²) in [6.07, 6.45) is 0. The molecule has 0 saturated heterocycles. The van der Waals surface area contributed by atoms with Crippen LogP contribution in [0.5, 0.6) is 0 Å². The summed E-state index contributed by atoms with van der Waals surface area (Å²) in [7, 11) is 1.87. The third-order valence-electron chi connectivity index (χ3n) is 2.19. The standard InChI is InChI=1S/C11H12ClN3/c1-8-10(12)11(15(2)14-8)13-9-6-4-3-5-7-9/h3-7,13H,1-2H3. The van der Waals surface area contributed by atoms with E-state index in [1.807, 2.05) is 44.3 Å². The molecule has 0 bridgehead atoms. The van der Waals surface area contributed by atoms with E-state index in [9.17, 15) is 0 Å². The summed E-state index contributed by atoms with van der Waals surface area (Å²) in [6, 6.07) is 9.89. The van der Waals surface area contributed by atoms with Gasteiger partial charge < -0.3 is 5.32 Å². The van der Waals surface area contributed by atoms with Crippen LogP contribution in [0.25, 0.3) is 0 Å². The molecule has 2 rings (SSSR count). The Balaban J connectivity index is 2.32. The van der Waals surface area contributed by atoms with Crippen molar-refractivity contribution < 1.29 is 0 Å². The third kappa shape index (κ3) is 1.97. The molecule has 0 fully saturated rings. The first-order chi connectivity index (χ1) is 7.18. The lowest BCUT2D eigenvalue weighted by atomic mass is 10.3. The summed E-state index contributed by atoms with van der Waals surface area (Å²) in [4.78, 5) is 0. The van der Waals surface area contributed by atoms with Crippen molar-refractivity contribution in [3.8, 4) is 0 Å². The first-order valence-corrected chi connectivity index (χ1v) is 5.07. The van der Waals surface area contributed by atoms with E-state index < -0.39 is 0 Å². The average Bonchev–Trinajstić information content (AvgIpc) is 2.47. The van der Waals surface area contributed by atoms with Crippen LogP contribution in [0.3, 0.4) is 0 Å². The second-order valence-electron chi connectivity index (χ2n) is 3.36. The van der Waals surface area contributed by atoms with Crippen molar-refractivity contribution in [3.63, 3.8) is 0 Å². The highest BCUT2D eigenvalue weighted by molar-refractivity contribution is 6.33. The van der Waals surface area contributed by atoms with Gasteiger partial charge in [0.05, 0.1) is 5.69 Å². The van der Waals surface area contributed by atoms with Gasteiger partial charge in [-0.05, 0) is 19.1 Å². The molecular weight excluding hydrogens is 210 g/mol. The maximum absolute atomic E-state index is 6.12. The van der Waals surface area contributed by atoms with Gasteiger partial charge in [-0.2, -0.15) is 5.10 Å². The zero-order valence-corrected chi connectivity index (χ0v) is 9.42. The molecule has 0 saturated carbocycles. The van der Waals surface area contributed by atoms with Gasteiger partial charge >= 0.3 is 0 Å². The number of aromatic nitrogens is 2. The van der Waals surface area contributed by atoms with Crippen molar-refractivity contribution in [1.82, 2.24) is 9.78 Å². The van der Waals surface area contributed by atoms with Crippen molar-refractivity contribution in [2.24, 2.45) is 7.05 Å². The summed E-state index contributed by atoms with van der Waals surface area (Å²) < 4.78 is 1.74. The van der Waals surface area contributed by atoms with Gasteiger partial charge in [0.15, 0.2) is 0 Å². The average molecular weight is 222 g/mol. The van der Waals surface area contributed by atoms with E-state index in [4.69, 9.17) is 11.6 Å². The Kier molecular flexibility index (Phi) is 2.64. The van der Waals surface area contributed by atoms with Crippen LogP contribution >= 0.6 is 11.6 Å². The molecule has 0 radical (unpaired) electrons. The molecule has 0 aliphatic heterocycles. The van der Waals surface area contributed by atoms with E-state index in [2.05, 4.69) is 10.4 Å². The quantitative estimate of drug-likeness (QED) is 0.845. The van der Waals surface area contributed by atoms with Gasteiger partial charge in [-0.15, -0.1) is 0 Å². The molecule has 0 amide bonds. The molecule has 1 aromatic heterocycles. The van der Waals surface area contributed by atoms with E-state index in [0.29, 0.717) is 5.02 Å². The number of aryl methyl sites for hydroxylation is 2. The van der Waals surface area contributed by atoms with E-state index >= 15 is 0 Å². The van der Waals surface area contributed by atoms with Crippen molar-refractivity contribution in [2.45, 2.75) is 6.92 Å². The number of rotatable bonds is 2. The third-order valence-corrected chi connectivity index (χ3v) is 2.64. The fraction of sp³-hybridized carbons (Fsp3) is 0.182. The Morgan fingerprint density at radius 2 is 1.93 bits per heavy atom. The van der Waals surface area contributed by atoms with Gasteiger partial charge in [0, 0.05) is 12.7 Å². The summed E-state index contributed by atoms with van der Waals surface area (Å²) in [5.41, 5.74) is 1.83. The first kappa shape index (κ1) is 10.1. The van der Waals surface area contributed by atoms with Gasteiger partial charge in [0.2, 0.25) is 0 Å². The molecule has 2 aromatic rings. The molecule has 0 aliphatic rings. The number of hydrogen-bond donors (Lipinski definition) is 1. The Morgan fingerprint density at radius 1 is 1.27 bits per heavy atom. The van der Waals surface area contributed by atoms with Crippen LogP contribution in [-0.2, 0) is 7.05 Å². The zero-order valence-electron chi connectivity index (χ0n) is 8.66. The van der Waals surface area contributed by atoms with Gasteiger partial charge in [-0.25, -0.2) is 0 Å². The van der Waals surface area contributed by atoms with Crippen molar-refractivity contribution >= 4 is 23.1 Å². The predicted molar refractivity (Wildman–Crippen MR) is 62.7 cm³/mol. The molecule has 0 spiro atoms. The Bertz CT molecular complexity index is 462. The Morgan fingerprint density at radius 3 is 2.47 bits per heavy atom. The smallest absolute Gasteiger partial charge is 0.147 e. The lowest BCUT2D eigenvalue weighted by Gasteiger charge is -2.06. The molecule has 78 valence electrons. The van der Waals surface area contributed by atoms with Gasteiger partial charge in [0.25, 0.3) is 0 Å². The number of benzene rings is 1. The van der Waals surface area contributed by atoms with Gasteiger partial charge in [-0.1, -0.05) is 29.8 Å². The van der Waals surface area contributed by atoms with E-state index in [0.717, 1.165) is 17.2 Å². The fourth-order valence-electron chi connectivity index (χ4n) is 1.43. The molecule has 0 unspecified atom stereocenters. The maximum Gasteiger partial charge on any atom is 0.147 e. The van der Waals surface area contributed by atoms with E-state index in [1.165, 1.54) is 0 Å². The number of para-hydroxylation sites is 1. The molecular formula is C11H12ClN3. The largest absolute Gasteiger partial charge is 0.339 e. The minimum absolute atomic E-state index is 0.668. The van der Waals surface area contributed by atoms with Crippen LogP contribution in [0.4, 0.5) is 11.5 Å². The second-order valence-corrected chi connectivity index (χ2v) is 3.74. The van der Waals surface area contributed by atoms with E-state index in [1.54, 1.807) is 4.68 Å². The van der Waals surface area contributed by atoms with Gasteiger partial charge in [0.1, 0.15) is 10.8 Å². The van der Waals surface area contributed by atoms with Gasteiger partial charge in [-0.3, -0.25) is 4.68 Å². The number of nitrogens with zero attached hydrogens (tertiary/aromatic N) is 2. The minimum Gasteiger partial charge on any atom is -0.339 e. The molecule has 1 aromatic carbocycles. The topological polar surface area (TPSA) is 29.9 Å². The predicted octanol–water partition coefficient (Wildman–Crippen LogP) is 3.13. The lowest BCUT2D eigenvalue weighted by Crippen LogP contribution is -1.99. The van der Waals surface area contributed by atoms with Crippen molar-refractivity contribution in [1.29, 1.82) is 0 Å². The molecule has 0 aliphatic carbocycles. The molecule has 0 atom stereocenters. The number of anilines is 2. The van der Waals surface area contributed by atoms with Crippen LogP contribution in [0.1, 0.15) is 5.69 Å². The molecule has 4 heteroatoms. The van der Waals surface area contributed by atoms with E-state index in [-0.39, 0.29) is 0 Å². The van der Waals surface area contributed by atoms with Crippen LogP contribution in [-0.4, -0.2) is 9.78 Å². The summed E-state index contributed by atoms with van der Waals surface area (Å²) >= 11 is 6.12. The highest BCUT2D eigenvalue weighted by Crippen LogP contribution is 2.27. The molecule has 1 heterocycles. The second kappa shape index (κ2) is 3.95. The minimum atomic E-state index is 0.668. The van der Waals surface area contributed by atoms with Crippen LogP contribution in [0, 0.1) is 6.92 Å². The monoisotopic (exact) mass is 221 g/mol. The number of nitrogens with one attached hydrogen (secondary N) is 1. The SMILES string of the molecule is Cc1nn(C)c(Nc2ccccc2)c1Cl. The van der Waals surface area contributed by atoms with Crippen LogP contribution in [0.15, 0.2) is 30.3 Å². The van der Waals surface area contributed by atoms with Crippen LogP contribution in [0.2, 0.25) is 5.02 Å². The van der Waals surface area contributed by atoms with Crippen LogP contribution < -0.4 is 5.32 Å². The normalized spacial score (nSPS) is 10.3. The Labute approximate surface area is 93.7 Å². The lowest BCUT2D eigenvalue weighted by molar-refractivity contribution is 0.765. The summed E-state index contributed by atoms with van der Waals surface area (Å²) in [5, 5.41) is 8.13. The molecule has 3 nitrogen and oxygen atoms in total. The fourth-order valence-corrected chi connectivity index (χ4v) is 1.63. The molecule has 15 heavy (non-hydrogen) atoms. The zero-order chi connectivity index (χ0) is 10.8. The first-order valence-electron chi connectivity index (χ1n) is 4.69. The van der Waals surface area contributed by atoms with Crippen molar-refractivity contribution in [2.75, 3.05) is 5.32 Å². The summed E-state index contributed by atoms with van der Waals surface area (Å²) in [6.45, 7) is 1.89. The maximum atomic E-state index is 6.12.